The number of amides is 1. The van der Waals surface area contributed by atoms with Crippen molar-refractivity contribution < 1.29 is 14.7 Å². The number of nitrogens with one attached hydrogen (secondary N) is 1. The average molecular weight is 256 g/mol. The highest BCUT2D eigenvalue weighted by Gasteiger charge is 2.17. The van der Waals surface area contributed by atoms with Gasteiger partial charge in [0.15, 0.2) is 0 Å². The first kappa shape index (κ1) is 13.5. The zero-order valence-corrected chi connectivity index (χ0v) is 10.2. The molecule has 1 rings (SSSR count). The molecule has 1 aromatic rings. The Morgan fingerprint density at radius 2 is 2.18 bits per heavy atom. The van der Waals surface area contributed by atoms with E-state index in [1.54, 1.807) is 31.2 Å². The number of hydrogen-bond acceptors (Lipinski definition) is 2. The summed E-state index contributed by atoms with van der Waals surface area (Å²) in [4.78, 5) is 22.1. The summed E-state index contributed by atoms with van der Waals surface area (Å²) >= 11 is 5.84. The predicted octanol–water partition coefficient (Wildman–Crippen LogP) is 2.38. The molecule has 0 saturated carbocycles. The second-order valence-electron chi connectivity index (χ2n) is 3.63. The molecule has 0 heterocycles. The van der Waals surface area contributed by atoms with Crippen LogP contribution in [-0.4, -0.2) is 17.0 Å². The second-order valence-corrected chi connectivity index (χ2v) is 4.06. The van der Waals surface area contributed by atoms with Crippen LogP contribution in [0, 0.1) is 0 Å². The van der Waals surface area contributed by atoms with Gasteiger partial charge in [-0.25, -0.2) is 0 Å². The zero-order valence-electron chi connectivity index (χ0n) is 9.44. The fourth-order valence-corrected chi connectivity index (χ4v) is 1.65. The molecule has 5 heteroatoms. The molecule has 92 valence electrons. The van der Waals surface area contributed by atoms with Crippen LogP contribution in [0.2, 0.25) is 5.02 Å². The summed E-state index contributed by atoms with van der Waals surface area (Å²) in [5.41, 5.74) is 0.696. The molecule has 0 aliphatic rings. The Bertz CT molecular complexity index is 420. The van der Waals surface area contributed by atoms with Crippen molar-refractivity contribution in [2.24, 2.45) is 0 Å². The number of carboxylic acid groups (broad SMARTS) is 1. The lowest BCUT2D eigenvalue weighted by molar-refractivity contribution is -0.137. The minimum Gasteiger partial charge on any atom is -0.481 e. The minimum absolute atomic E-state index is 0.161. The minimum atomic E-state index is -0.966. The van der Waals surface area contributed by atoms with E-state index in [4.69, 9.17) is 16.7 Å². The molecule has 4 nitrogen and oxygen atoms in total. The van der Waals surface area contributed by atoms with Crippen LogP contribution in [0.3, 0.4) is 0 Å². The number of rotatable bonds is 5. The highest BCUT2D eigenvalue weighted by Crippen LogP contribution is 2.20. The van der Waals surface area contributed by atoms with Crippen molar-refractivity contribution in [3.05, 3.63) is 34.9 Å². The van der Waals surface area contributed by atoms with Crippen LogP contribution in [0.5, 0.6) is 0 Å². The number of carboxylic acids is 1. The number of carbonyl (C=O) groups excluding carboxylic acids is 1. The monoisotopic (exact) mass is 255 g/mol. The Morgan fingerprint density at radius 1 is 1.47 bits per heavy atom. The quantitative estimate of drug-likeness (QED) is 0.849. The largest absolute Gasteiger partial charge is 0.481 e. The van der Waals surface area contributed by atoms with Gasteiger partial charge in [0.25, 0.3) is 0 Å². The molecule has 0 fully saturated rings. The molecule has 0 bridgehead atoms. The van der Waals surface area contributed by atoms with E-state index in [1.807, 2.05) is 0 Å². The molecule has 0 spiro atoms. The number of hydrogen-bond donors (Lipinski definition) is 2. The van der Waals surface area contributed by atoms with Gasteiger partial charge >= 0.3 is 5.97 Å². The van der Waals surface area contributed by atoms with Crippen LogP contribution in [0.15, 0.2) is 24.3 Å². The first-order valence-electron chi connectivity index (χ1n) is 5.29. The van der Waals surface area contributed by atoms with Crippen LogP contribution >= 0.6 is 11.6 Å². The van der Waals surface area contributed by atoms with Crippen LogP contribution in [0.1, 0.15) is 31.4 Å². The summed E-state index contributed by atoms with van der Waals surface area (Å²) in [5.74, 6) is -1.15. The summed E-state index contributed by atoms with van der Waals surface area (Å²) < 4.78 is 0. The fourth-order valence-electron chi connectivity index (χ4n) is 1.45. The summed E-state index contributed by atoms with van der Waals surface area (Å²) in [6.45, 7) is 1.71. The Labute approximate surface area is 105 Å². The van der Waals surface area contributed by atoms with Gasteiger partial charge in [-0.15, -0.1) is 0 Å². The highest BCUT2D eigenvalue weighted by atomic mass is 35.5. The van der Waals surface area contributed by atoms with E-state index >= 15 is 0 Å². The molecular weight excluding hydrogens is 242 g/mol. The van der Waals surface area contributed by atoms with E-state index in [2.05, 4.69) is 5.32 Å². The van der Waals surface area contributed by atoms with E-state index < -0.39 is 12.0 Å². The van der Waals surface area contributed by atoms with Crippen molar-refractivity contribution in [1.82, 2.24) is 5.32 Å². The van der Waals surface area contributed by atoms with Crippen LogP contribution in [0.4, 0.5) is 0 Å². The maximum absolute atomic E-state index is 11.3. The smallest absolute Gasteiger partial charge is 0.305 e. The molecular formula is C12H14ClNO3. The predicted molar refractivity (Wildman–Crippen MR) is 64.9 cm³/mol. The van der Waals surface area contributed by atoms with Gasteiger partial charge in [0, 0.05) is 11.4 Å². The summed E-state index contributed by atoms with van der Waals surface area (Å²) in [7, 11) is 0. The Balaban J connectivity index is 2.89. The van der Waals surface area contributed by atoms with Crippen molar-refractivity contribution >= 4 is 23.5 Å². The van der Waals surface area contributed by atoms with Crippen molar-refractivity contribution in [2.45, 2.75) is 25.8 Å². The Kier molecular flexibility index (Phi) is 4.97. The fraction of sp³-hybridized carbons (Fsp3) is 0.333. The Hall–Kier alpha value is -1.55. The molecule has 0 aliphatic heterocycles. The van der Waals surface area contributed by atoms with Crippen molar-refractivity contribution in [2.75, 3.05) is 0 Å². The van der Waals surface area contributed by atoms with Gasteiger partial charge in [-0.3, -0.25) is 9.59 Å². The number of aliphatic carboxylic acids is 1. The normalized spacial score (nSPS) is 11.9. The van der Waals surface area contributed by atoms with E-state index in [-0.39, 0.29) is 12.3 Å². The van der Waals surface area contributed by atoms with Crippen LogP contribution in [-0.2, 0) is 9.59 Å². The standard InChI is InChI=1S/C12H14ClNO3/c1-2-11(15)14-10(7-12(16)17)8-4-3-5-9(13)6-8/h3-6,10H,2,7H2,1H3,(H,14,15)(H,16,17). The lowest BCUT2D eigenvalue weighted by atomic mass is 10.0. The average Bonchev–Trinajstić information content (AvgIpc) is 2.27. The summed E-state index contributed by atoms with van der Waals surface area (Å²) in [5, 5.41) is 12.0. The molecule has 0 saturated heterocycles. The lowest BCUT2D eigenvalue weighted by Gasteiger charge is -2.17. The molecule has 1 aromatic carbocycles. The van der Waals surface area contributed by atoms with E-state index in [1.165, 1.54) is 0 Å². The molecule has 1 unspecified atom stereocenters. The number of benzene rings is 1. The SMILES string of the molecule is CCC(=O)NC(CC(=O)O)c1cccc(Cl)c1. The Morgan fingerprint density at radius 3 is 2.71 bits per heavy atom. The molecule has 1 atom stereocenters. The molecule has 2 N–H and O–H groups in total. The molecule has 0 aromatic heterocycles. The van der Waals surface area contributed by atoms with E-state index in [0.29, 0.717) is 17.0 Å². The van der Waals surface area contributed by atoms with Gasteiger partial charge in [-0.05, 0) is 17.7 Å². The zero-order chi connectivity index (χ0) is 12.8. The lowest BCUT2D eigenvalue weighted by Crippen LogP contribution is -2.29. The maximum Gasteiger partial charge on any atom is 0.305 e. The topological polar surface area (TPSA) is 66.4 Å². The van der Waals surface area contributed by atoms with Crippen molar-refractivity contribution in [3.8, 4) is 0 Å². The van der Waals surface area contributed by atoms with Gasteiger partial charge in [0.05, 0.1) is 12.5 Å². The third-order valence-corrected chi connectivity index (χ3v) is 2.52. The van der Waals surface area contributed by atoms with Gasteiger partial charge in [0.1, 0.15) is 0 Å². The van der Waals surface area contributed by atoms with Crippen LogP contribution in [0.25, 0.3) is 0 Å². The summed E-state index contributed by atoms with van der Waals surface area (Å²) in [6.07, 6.45) is 0.156. The summed E-state index contributed by atoms with van der Waals surface area (Å²) in [6, 6.07) is 6.29. The van der Waals surface area contributed by atoms with E-state index in [9.17, 15) is 9.59 Å². The van der Waals surface area contributed by atoms with Gasteiger partial charge in [0.2, 0.25) is 5.91 Å². The van der Waals surface area contributed by atoms with Gasteiger partial charge in [-0.1, -0.05) is 30.7 Å². The van der Waals surface area contributed by atoms with Gasteiger partial charge in [-0.2, -0.15) is 0 Å². The van der Waals surface area contributed by atoms with Crippen molar-refractivity contribution in [1.29, 1.82) is 0 Å². The number of carbonyl (C=O) groups is 2. The first-order chi connectivity index (χ1) is 8.02. The van der Waals surface area contributed by atoms with Crippen LogP contribution < -0.4 is 5.32 Å². The molecule has 0 aliphatic carbocycles. The maximum atomic E-state index is 11.3. The van der Waals surface area contributed by atoms with Gasteiger partial charge < -0.3 is 10.4 Å². The van der Waals surface area contributed by atoms with E-state index in [0.717, 1.165) is 0 Å². The second kappa shape index (κ2) is 6.25. The third kappa shape index (κ3) is 4.44. The number of halogens is 1. The third-order valence-electron chi connectivity index (χ3n) is 2.29. The highest BCUT2D eigenvalue weighted by molar-refractivity contribution is 6.30. The van der Waals surface area contributed by atoms with Crippen molar-refractivity contribution in [3.63, 3.8) is 0 Å². The molecule has 0 radical (unpaired) electrons. The first-order valence-corrected chi connectivity index (χ1v) is 5.67. The molecule has 1 amide bonds. The molecule has 17 heavy (non-hydrogen) atoms.